The molecule has 3 aromatic carbocycles. The Hall–Kier alpha value is -4.13. The maximum absolute atomic E-state index is 13.2. The molecular weight excluding hydrogens is 428 g/mol. The topological polar surface area (TPSA) is 67.8 Å². The van der Waals surface area contributed by atoms with Crippen molar-refractivity contribution in [1.29, 1.82) is 0 Å². The number of fused-ring (bicyclic) bond motifs is 1. The van der Waals surface area contributed by atoms with Crippen molar-refractivity contribution >= 4 is 22.5 Å². The molecule has 7 nitrogen and oxygen atoms in total. The van der Waals surface area contributed by atoms with Crippen molar-refractivity contribution in [2.45, 2.75) is 0 Å². The molecule has 0 saturated carbocycles. The number of methoxy groups -OCH3 is 2. The molecule has 0 N–H and O–H groups in total. The molecule has 5 rings (SSSR count). The van der Waals surface area contributed by atoms with Crippen LogP contribution in [0.25, 0.3) is 22.0 Å². The van der Waals surface area contributed by atoms with Crippen molar-refractivity contribution < 1.29 is 14.3 Å². The van der Waals surface area contributed by atoms with E-state index in [-0.39, 0.29) is 5.91 Å². The number of anilines is 1. The molecule has 172 valence electrons. The highest BCUT2D eigenvalue weighted by atomic mass is 16.5. The van der Waals surface area contributed by atoms with Crippen LogP contribution < -0.4 is 14.4 Å². The van der Waals surface area contributed by atoms with Gasteiger partial charge in [-0.05, 0) is 47.2 Å². The van der Waals surface area contributed by atoms with E-state index in [1.807, 2.05) is 77.7 Å². The third-order valence-corrected chi connectivity index (χ3v) is 6.24. The maximum atomic E-state index is 13.2. The summed E-state index contributed by atoms with van der Waals surface area (Å²) in [4.78, 5) is 17.3. The molecule has 1 saturated heterocycles. The van der Waals surface area contributed by atoms with Gasteiger partial charge in [0.15, 0.2) is 17.3 Å². The molecule has 1 aliphatic rings. The van der Waals surface area contributed by atoms with Crippen LogP contribution in [0.3, 0.4) is 0 Å². The normalized spacial score (nSPS) is 13.7. The molecule has 2 heterocycles. The molecule has 0 bridgehead atoms. The van der Waals surface area contributed by atoms with Gasteiger partial charge in [0.1, 0.15) is 0 Å². The molecule has 34 heavy (non-hydrogen) atoms. The average Bonchev–Trinajstić information content (AvgIpc) is 2.92. The highest BCUT2D eigenvalue weighted by molar-refractivity contribution is 6.07. The molecule has 4 aromatic rings. The zero-order chi connectivity index (χ0) is 23.5. The predicted octanol–water partition coefficient (Wildman–Crippen LogP) is 4.28. The Morgan fingerprint density at radius 1 is 0.794 bits per heavy atom. The summed E-state index contributed by atoms with van der Waals surface area (Å²) in [5, 5.41) is 10.9. The summed E-state index contributed by atoms with van der Waals surface area (Å²) in [5.74, 6) is 2.21. The van der Waals surface area contributed by atoms with Gasteiger partial charge in [-0.15, -0.1) is 10.2 Å². The smallest absolute Gasteiger partial charge is 0.254 e. The lowest BCUT2D eigenvalue weighted by Crippen LogP contribution is -2.49. The first-order valence-electron chi connectivity index (χ1n) is 11.3. The van der Waals surface area contributed by atoms with Crippen LogP contribution in [0.2, 0.25) is 0 Å². The van der Waals surface area contributed by atoms with Crippen LogP contribution >= 0.6 is 0 Å². The summed E-state index contributed by atoms with van der Waals surface area (Å²) < 4.78 is 10.7. The fraction of sp³-hybridized carbons (Fsp3) is 0.222. The molecule has 0 spiro atoms. The van der Waals surface area contributed by atoms with E-state index >= 15 is 0 Å². The number of aromatic nitrogens is 2. The number of carbonyl (C=O) groups excluding carboxylic acids is 1. The average molecular weight is 455 g/mol. The van der Waals surface area contributed by atoms with Gasteiger partial charge in [0.25, 0.3) is 5.91 Å². The number of ether oxygens (including phenoxy) is 2. The summed E-state index contributed by atoms with van der Waals surface area (Å²) in [6.45, 7) is 2.70. The Kier molecular flexibility index (Phi) is 5.99. The van der Waals surface area contributed by atoms with E-state index in [2.05, 4.69) is 15.1 Å². The zero-order valence-corrected chi connectivity index (χ0v) is 19.3. The van der Waals surface area contributed by atoms with Crippen LogP contribution in [0.4, 0.5) is 5.82 Å². The molecule has 1 amide bonds. The van der Waals surface area contributed by atoms with Crippen LogP contribution in [-0.2, 0) is 0 Å². The van der Waals surface area contributed by atoms with Crippen molar-refractivity contribution in [3.8, 4) is 22.8 Å². The standard InChI is InChI=1S/C27H26N4O3/c1-33-24-12-10-20(18-25(24)34-2)23-11-13-26(29-28-23)30-14-16-31(17-15-30)27(32)22-9-5-7-19-6-3-4-8-21(19)22/h3-13,18H,14-17H2,1-2H3. The van der Waals surface area contributed by atoms with Crippen LogP contribution in [-0.4, -0.2) is 61.4 Å². The Morgan fingerprint density at radius 3 is 2.29 bits per heavy atom. The lowest BCUT2D eigenvalue weighted by molar-refractivity contribution is 0.0748. The molecule has 0 aliphatic carbocycles. The fourth-order valence-corrected chi connectivity index (χ4v) is 4.36. The SMILES string of the molecule is COc1ccc(-c2ccc(N3CCN(C(=O)c4cccc5ccccc45)CC3)nn2)cc1OC. The second-order valence-corrected chi connectivity index (χ2v) is 8.15. The van der Waals surface area contributed by atoms with Crippen LogP contribution in [0.1, 0.15) is 10.4 Å². The van der Waals surface area contributed by atoms with Crippen LogP contribution in [0, 0.1) is 0 Å². The third kappa shape index (κ3) is 4.12. The van der Waals surface area contributed by atoms with Gasteiger partial charge < -0.3 is 19.3 Å². The highest BCUT2D eigenvalue weighted by Crippen LogP contribution is 2.31. The van der Waals surface area contributed by atoms with Gasteiger partial charge in [-0.1, -0.05) is 36.4 Å². The number of benzene rings is 3. The van der Waals surface area contributed by atoms with Crippen molar-refractivity contribution in [2.75, 3.05) is 45.3 Å². The van der Waals surface area contributed by atoms with E-state index in [1.54, 1.807) is 14.2 Å². The summed E-state index contributed by atoms with van der Waals surface area (Å²) >= 11 is 0. The van der Waals surface area contributed by atoms with Gasteiger partial charge >= 0.3 is 0 Å². The summed E-state index contributed by atoms with van der Waals surface area (Å²) in [6, 6.07) is 23.5. The largest absolute Gasteiger partial charge is 0.493 e. The number of hydrogen-bond donors (Lipinski definition) is 0. The first-order valence-corrected chi connectivity index (χ1v) is 11.3. The van der Waals surface area contributed by atoms with Crippen molar-refractivity contribution in [3.63, 3.8) is 0 Å². The van der Waals surface area contributed by atoms with Crippen molar-refractivity contribution in [1.82, 2.24) is 15.1 Å². The Balaban J connectivity index is 1.26. The number of rotatable bonds is 5. The Labute approximate surface area is 198 Å². The molecule has 1 fully saturated rings. The summed E-state index contributed by atoms with van der Waals surface area (Å²) in [7, 11) is 3.22. The summed E-state index contributed by atoms with van der Waals surface area (Å²) in [6.07, 6.45) is 0. The number of amides is 1. The van der Waals surface area contributed by atoms with Gasteiger partial charge in [-0.3, -0.25) is 4.79 Å². The molecular formula is C27H26N4O3. The van der Waals surface area contributed by atoms with E-state index in [0.29, 0.717) is 37.7 Å². The van der Waals surface area contributed by atoms with E-state index in [1.165, 1.54) is 0 Å². The molecule has 0 radical (unpaired) electrons. The number of piperazine rings is 1. The number of nitrogens with zero attached hydrogens (tertiary/aromatic N) is 4. The monoisotopic (exact) mass is 454 g/mol. The lowest BCUT2D eigenvalue weighted by Gasteiger charge is -2.35. The number of carbonyl (C=O) groups is 1. The molecule has 0 atom stereocenters. The first-order chi connectivity index (χ1) is 16.7. The molecule has 7 heteroatoms. The second-order valence-electron chi connectivity index (χ2n) is 8.15. The van der Waals surface area contributed by atoms with Gasteiger partial charge in [0.05, 0.1) is 19.9 Å². The first kappa shape index (κ1) is 21.7. The summed E-state index contributed by atoms with van der Waals surface area (Å²) in [5.41, 5.74) is 2.42. The van der Waals surface area contributed by atoms with Crippen molar-refractivity contribution in [2.24, 2.45) is 0 Å². The van der Waals surface area contributed by atoms with Gasteiger partial charge in [-0.25, -0.2) is 0 Å². The quantitative estimate of drug-likeness (QED) is 0.449. The second kappa shape index (κ2) is 9.39. The van der Waals surface area contributed by atoms with Crippen LogP contribution in [0.5, 0.6) is 11.5 Å². The fourth-order valence-electron chi connectivity index (χ4n) is 4.36. The zero-order valence-electron chi connectivity index (χ0n) is 19.3. The Bertz CT molecular complexity index is 1310. The molecule has 1 aromatic heterocycles. The molecule has 1 aliphatic heterocycles. The minimum Gasteiger partial charge on any atom is -0.493 e. The predicted molar refractivity (Wildman–Crippen MR) is 133 cm³/mol. The minimum absolute atomic E-state index is 0.0753. The van der Waals surface area contributed by atoms with Gasteiger partial charge in [-0.2, -0.15) is 0 Å². The maximum Gasteiger partial charge on any atom is 0.254 e. The van der Waals surface area contributed by atoms with Crippen molar-refractivity contribution in [3.05, 3.63) is 78.4 Å². The third-order valence-electron chi connectivity index (χ3n) is 6.24. The van der Waals surface area contributed by atoms with E-state index in [9.17, 15) is 4.79 Å². The minimum atomic E-state index is 0.0753. The van der Waals surface area contributed by atoms with E-state index < -0.39 is 0 Å². The van der Waals surface area contributed by atoms with Gasteiger partial charge in [0, 0.05) is 37.3 Å². The molecule has 0 unspecified atom stereocenters. The highest BCUT2D eigenvalue weighted by Gasteiger charge is 2.24. The van der Waals surface area contributed by atoms with Crippen LogP contribution in [0.15, 0.2) is 72.8 Å². The Morgan fingerprint density at radius 2 is 1.56 bits per heavy atom. The number of hydrogen-bond acceptors (Lipinski definition) is 6. The van der Waals surface area contributed by atoms with Gasteiger partial charge in [0.2, 0.25) is 0 Å². The lowest BCUT2D eigenvalue weighted by atomic mass is 10.0. The van der Waals surface area contributed by atoms with E-state index in [0.717, 1.165) is 33.4 Å². The van der Waals surface area contributed by atoms with E-state index in [4.69, 9.17) is 9.47 Å².